The molecule has 3 rings (SSSR count). The molecular formula is C13H17N5OS2. The molecule has 0 radical (unpaired) electrons. The first-order chi connectivity index (χ1) is 10.0. The number of aromatic nitrogens is 3. The van der Waals surface area contributed by atoms with Gasteiger partial charge in [0.2, 0.25) is 5.91 Å². The molecule has 0 atom stereocenters. The number of anilines is 1. The molecule has 0 unspecified atom stereocenters. The molecule has 1 aliphatic heterocycles. The summed E-state index contributed by atoms with van der Waals surface area (Å²) in [5.41, 5.74) is 1.14. The Morgan fingerprint density at radius 2 is 2.14 bits per heavy atom. The standard InChI is InChI=1S/C13H17N5OS2/c1-8-15-16-11(20-8)6-12(19)18-5-4-9-10(7-18)21-13(14-9)17(2)3/h4-7H2,1-3H3. The molecule has 0 saturated heterocycles. The van der Waals surface area contributed by atoms with Crippen molar-refractivity contribution in [3.8, 4) is 0 Å². The van der Waals surface area contributed by atoms with Crippen LogP contribution in [0, 0.1) is 6.92 Å². The summed E-state index contributed by atoms with van der Waals surface area (Å²) < 4.78 is 0. The molecule has 0 fully saturated rings. The van der Waals surface area contributed by atoms with Gasteiger partial charge in [-0.25, -0.2) is 4.98 Å². The molecule has 0 N–H and O–H groups in total. The molecule has 1 amide bonds. The van der Waals surface area contributed by atoms with Gasteiger partial charge in [-0.3, -0.25) is 4.79 Å². The van der Waals surface area contributed by atoms with Crippen LogP contribution in [0.2, 0.25) is 0 Å². The van der Waals surface area contributed by atoms with Crippen LogP contribution in [0.15, 0.2) is 0 Å². The quantitative estimate of drug-likeness (QED) is 0.856. The number of nitrogens with zero attached hydrogens (tertiary/aromatic N) is 5. The van der Waals surface area contributed by atoms with Gasteiger partial charge in [0.05, 0.1) is 18.7 Å². The van der Waals surface area contributed by atoms with Gasteiger partial charge < -0.3 is 9.80 Å². The van der Waals surface area contributed by atoms with Gasteiger partial charge in [0.1, 0.15) is 10.0 Å². The van der Waals surface area contributed by atoms with Crippen molar-refractivity contribution in [2.75, 3.05) is 25.5 Å². The van der Waals surface area contributed by atoms with Crippen LogP contribution in [0.4, 0.5) is 5.13 Å². The highest BCUT2D eigenvalue weighted by Crippen LogP contribution is 2.29. The second-order valence-corrected chi connectivity index (χ2v) is 7.55. The third-order valence-electron chi connectivity index (χ3n) is 3.33. The lowest BCUT2D eigenvalue weighted by atomic mass is 10.1. The van der Waals surface area contributed by atoms with Crippen LogP contribution in [-0.2, 0) is 24.2 Å². The molecule has 1 aliphatic rings. The minimum atomic E-state index is 0.122. The molecule has 0 bridgehead atoms. The predicted octanol–water partition coefficient (Wildman–Crippen LogP) is 1.50. The van der Waals surface area contributed by atoms with E-state index < -0.39 is 0 Å². The zero-order chi connectivity index (χ0) is 15.0. The molecule has 0 spiro atoms. The van der Waals surface area contributed by atoms with Crippen molar-refractivity contribution in [1.29, 1.82) is 0 Å². The minimum Gasteiger partial charge on any atom is -0.354 e. The van der Waals surface area contributed by atoms with Gasteiger partial charge in [-0.1, -0.05) is 11.3 Å². The topological polar surface area (TPSA) is 62.2 Å². The summed E-state index contributed by atoms with van der Waals surface area (Å²) in [5.74, 6) is 0.122. The molecule has 21 heavy (non-hydrogen) atoms. The van der Waals surface area contributed by atoms with E-state index in [-0.39, 0.29) is 5.91 Å². The molecule has 2 aromatic heterocycles. The first kappa shape index (κ1) is 14.4. The van der Waals surface area contributed by atoms with Gasteiger partial charge in [0.25, 0.3) is 0 Å². The molecule has 0 saturated carbocycles. The van der Waals surface area contributed by atoms with Gasteiger partial charge in [-0.2, -0.15) is 0 Å². The second kappa shape index (κ2) is 5.69. The summed E-state index contributed by atoms with van der Waals surface area (Å²) in [4.78, 5) is 22.1. The Kier molecular flexibility index (Phi) is 3.90. The monoisotopic (exact) mass is 323 g/mol. The predicted molar refractivity (Wildman–Crippen MR) is 83.9 cm³/mol. The maximum Gasteiger partial charge on any atom is 0.229 e. The molecule has 112 valence electrons. The normalized spacial score (nSPS) is 14.1. The van der Waals surface area contributed by atoms with Gasteiger partial charge in [-0.15, -0.1) is 21.5 Å². The van der Waals surface area contributed by atoms with Gasteiger partial charge in [0, 0.05) is 31.9 Å². The van der Waals surface area contributed by atoms with Gasteiger partial charge >= 0.3 is 0 Å². The summed E-state index contributed by atoms with van der Waals surface area (Å²) in [6.07, 6.45) is 1.18. The Labute approximate surface area is 131 Å². The lowest BCUT2D eigenvalue weighted by Gasteiger charge is -2.25. The van der Waals surface area contributed by atoms with Crippen LogP contribution in [0.3, 0.4) is 0 Å². The molecular weight excluding hydrogens is 306 g/mol. The lowest BCUT2D eigenvalue weighted by Crippen LogP contribution is -2.36. The van der Waals surface area contributed by atoms with Crippen molar-refractivity contribution in [3.05, 3.63) is 20.6 Å². The Morgan fingerprint density at radius 3 is 2.81 bits per heavy atom. The molecule has 2 aromatic rings. The van der Waals surface area contributed by atoms with E-state index in [1.807, 2.05) is 30.8 Å². The SMILES string of the molecule is Cc1nnc(CC(=O)N2CCc3nc(N(C)C)sc3C2)s1. The number of fused-ring (bicyclic) bond motifs is 1. The number of carbonyl (C=O) groups excluding carboxylic acids is 1. The minimum absolute atomic E-state index is 0.122. The largest absolute Gasteiger partial charge is 0.354 e. The number of carbonyl (C=O) groups is 1. The fraction of sp³-hybridized carbons (Fsp3) is 0.538. The Balaban J connectivity index is 1.69. The van der Waals surface area contributed by atoms with Crippen LogP contribution in [0.25, 0.3) is 0 Å². The van der Waals surface area contributed by atoms with Crippen molar-refractivity contribution >= 4 is 33.7 Å². The summed E-state index contributed by atoms with van der Waals surface area (Å²) in [6, 6.07) is 0. The number of rotatable bonds is 3. The first-order valence-corrected chi connectivity index (χ1v) is 8.39. The Hall–Kier alpha value is -1.54. The number of aryl methyl sites for hydroxylation is 1. The van der Waals surface area contributed by atoms with E-state index in [4.69, 9.17) is 0 Å². The van der Waals surface area contributed by atoms with E-state index in [9.17, 15) is 4.79 Å². The fourth-order valence-corrected chi connectivity index (χ4v) is 3.98. The summed E-state index contributed by atoms with van der Waals surface area (Å²) in [6.45, 7) is 3.30. The van der Waals surface area contributed by atoms with E-state index in [1.54, 1.807) is 11.3 Å². The summed E-state index contributed by atoms with van der Waals surface area (Å²) in [7, 11) is 3.98. The number of amides is 1. The summed E-state index contributed by atoms with van der Waals surface area (Å²) in [5, 5.41) is 10.7. The Bertz CT molecular complexity index is 663. The third-order valence-corrected chi connectivity index (χ3v) is 5.41. The van der Waals surface area contributed by atoms with Gasteiger partial charge in [0.15, 0.2) is 5.13 Å². The smallest absolute Gasteiger partial charge is 0.229 e. The van der Waals surface area contributed by atoms with Crippen LogP contribution in [0.1, 0.15) is 20.6 Å². The average Bonchev–Trinajstić information content (AvgIpc) is 3.03. The number of hydrogen-bond acceptors (Lipinski definition) is 7. The molecule has 3 heterocycles. The van der Waals surface area contributed by atoms with Crippen LogP contribution in [0.5, 0.6) is 0 Å². The van der Waals surface area contributed by atoms with Crippen LogP contribution < -0.4 is 4.90 Å². The Morgan fingerprint density at radius 1 is 1.33 bits per heavy atom. The molecule has 0 aromatic carbocycles. The molecule has 0 aliphatic carbocycles. The molecule has 8 heteroatoms. The van der Waals surface area contributed by atoms with E-state index in [0.29, 0.717) is 13.0 Å². The van der Waals surface area contributed by atoms with E-state index in [2.05, 4.69) is 15.2 Å². The second-order valence-electron chi connectivity index (χ2n) is 5.22. The van der Waals surface area contributed by atoms with E-state index in [1.165, 1.54) is 16.2 Å². The highest BCUT2D eigenvalue weighted by atomic mass is 32.1. The molecule has 6 nitrogen and oxygen atoms in total. The van der Waals surface area contributed by atoms with Crippen molar-refractivity contribution in [1.82, 2.24) is 20.1 Å². The fourth-order valence-electron chi connectivity index (χ4n) is 2.24. The van der Waals surface area contributed by atoms with Crippen LogP contribution in [-0.4, -0.2) is 46.6 Å². The first-order valence-electron chi connectivity index (χ1n) is 6.75. The van der Waals surface area contributed by atoms with Crippen molar-refractivity contribution in [2.45, 2.75) is 26.3 Å². The van der Waals surface area contributed by atoms with Crippen LogP contribution >= 0.6 is 22.7 Å². The van der Waals surface area contributed by atoms with Crippen molar-refractivity contribution < 1.29 is 4.79 Å². The average molecular weight is 323 g/mol. The maximum absolute atomic E-state index is 12.4. The highest BCUT2D eigenvalue weighted by Gasteiger charge is 2.25. The van der Waals surface area contributed by atoms with Crippen molar-refractivity contribution in [2.24, 2.45) is 0 Å². The maximum atomic E-state index is 12.4. The zero-order valence-corrected chi connectivity index (χ0v) is 13.9. The number of thiazole rings is 1. The lowest BCUT2D eigenvalue weighted by molar-refractivity contribution is -0.131. The van der Waals surface area contributed by atoms with Gasteiger partial charge in [-0.05, 0) is 6.92 Å². The van der Waals surface area contributed by atoms with Crippen molar-refractivity contribution in [3.63, 3.8) is 0 Å². The van der Waals surface area contributed by atoms with E-state index in [0.717, 1.165) is 33.8 Å². The zero-order valence-electron chi connectivity index (χ0n) is 12.3. The summed E-state index contributed by atoms with van der Waals surface area (Å²) >= 11 is 3.16. The highest BCUT2D eigenvalue weighted by molar-refractivity contribution is 7.15. The number of hydrogen-bond donors (Lipinski definition) is 0. The third kappa shape index (κ3) is 3.06. The van der Waals surface area contributed by atoms with E-state index >= 15 is 0 Å².